The Morgan fingerprint density at radius 1 is 1.00 bits per heavy atom. The van der Waals surface area contributed by atoms with Crippen LogP contribution in [0.15, 0.2) is 42.5 Å². The molecule has 184 valence electrons. The Bertz CT molecular complexity index is 1260. The molecule has 2 aliphatic rings. The van der Waals surface area contributed by atoms with Crippen molar-refractivity contribution in [1.82, 2.24) is 14.7 Å². The molecule has 2 fully saturated rings. The van der Waals surface area contributed by atoms with E-state index < -0.39 is 6.04 Å². The Labute approximate surface area is 209 Å². The fraction of sp³-hybridized carbons (Fsp3) is 0.407. The van der Waals surface area contributed by atoms with Gasteiger partial charge in [-0.3, -0.25) is 14.5 Å². The second-order valence-corrected chi connectivity index (χ2v) is 10.2. The molecule has 1 atom stereocenters. The summed E-state index contributed by atoms with van der Waals surface area (Å²) < 4.78 is 12.0. The number of hydrogen-bond donors (Lipinski definition) is 0. The van der Waals surface area contributed by atoms with Crippen molar-refractivity contribution in [2.75, 3.05) is 40.4 Å². The van der Waals surface area contributed by atoms with Crippen LogP contribution < -0.4 is 9.47 Å². The van der Waals surface area contributed by atoms with Crippen LogP contribution in [0.1, 0.15) is 22.9 Å². The predicted molar refractivity (Wildman–Crippen MR) is 137 cm³/mol. The molecule has 2 saturated heterocycles. The van der Waals surface area contributed by atoms with E-state index in [0.717, 1.165) is 25.1 Å². The molecule has 3 aromatic rings. The summed E-state index contributed by atoms with van der Waals surface area (Å²) in [5.74, 6) is 1.28. The third kappa shape index (κ3) is 4.48. The number of piperazine rings is 2. The molecule has 35 heavy (non-hydrogen) atoms. The normalized spacial score (nSPS) is 18.8. The highest BCUT2D eigenvalue weighted by atomic mass is 32.1. The molecule has 0 aliphatic carbocycles. The molecule has 0 radical (unpaired) electrons. The van der Waals surface area contributed by atoms with Gasteiger partial charge in [-0.1, -0.05) is 31.2 Å². The number of ether oxygens (including phenoxy) is 2. The molecule has 3 heterocycles. The van der Waals surface area contributed by atoms with E-state index in [-0.39, 0.29) is 18.4 Å². The Morgan fingerprint density at radius 3 is 2.57 bits per heavy atom. The quantitative estimate of drug-likeness (QED) is 0.504. The number of hydrogen-bond acceptors (Lipinski definition) is 6. The second kappa shape index (κ2) is 9.87. The number of methoxy groups -OCH3 is 2. The molecule has 1 unspecified atom stereocenters. The van der Waals surface area contributed by atoms with Crippen LogP contribution in [0.4, 0.5) is 0 Å². The number of thiophene rings is 1. The Kier molecular flexibility index (Phi) is 6.67. The molecule has 0 saturated carbocycles. The van der Waals surface area contributed by atoms with Gasteiger partial charge < -0.3 is 19.3 Å². The van der Waals surface area contributed by atoms with E-state index >= 15 is 0 Å². The monoisotopic (exact) mass is 493 g/mol. The number of nitrogens with zero attached hydrogens (tertiary/aromatic N) is 3. The number of aryl methyl sites for hydroxylation is 1. The van der Waals surface area contributed by atoms with E-state index in [1.807, 2.05) is 29.5 Å². The van der Waals surface area contributed by atoms with Gasteiger partial charge in [0.15, 0.2) is 11.5 Å². The number of rotatable bonds is 7. The Balaban J connectivity index is 1.33. The fourth-order valence-electron chi connectivity index (χ4n) is 5.20. The third-order valence-corrected chi connectivity index (χ3v) is 8.37. The van der Waals surface area contributed by atoms with E-state index in [4.69, 9.17) is 9.47 Å². The number of carbonyl (C=O) groups is 2. The zero-order valence-electron chi connectivity index (χ0n) is 20.5. The predicted octanol–water partition coefficient (Wildman–Crippen LogP) is 3.54. The van der Waals surface area contributed by atoms with Crippen LogP contribution >= 0.6 is 11.3 Å². The first kappa shape index (κ1) is 23.6. The standard InChI is InChI=1S/C27H31N3O4S/c1-4-24-20(19-7-5-6-8-25(19)35-24)15-28-11-12-30-21(16-28)27(32)29(17-26(30)31)14-18-9-10-22(33-2)23(13-18)34-3/h5-10,13,21H,4,11-12,14-17H2,1-3H3. The maximum atomic E-state index is 13.5. The zero-order valence-corrected chi connectivity index (χ0v) is 21.3. The first-order chi connectivity index (χ1) is 17.0. The number of benzene rings is 2. The maximum Gasteiger partial charge on any atom is 0.247 e. The van der Waals surface area contributed by atoms with Crippen LogP contribution in [0.2, 0.25) is 0 Å². The van der Waals surface area contributed by atoms with Crippen LogP contribution in [0.5, 0.6) is 11.5 Å². The SMILES string of the molecule is CCc1sc2ccccc2c1CN1CCN2C(=O)CN(Cc3ccc(OC)c(OC)c3)C(=O)C2C1. The topological polar surface area (TPSA) is 62.3 Å². The van der Waals surface area contributed by atoms with Gasteiger partial charge in [0.05, 0.1) is 14.2 Å². The van der Waals surface area contributed by atoms with Gasteiger partial charge in [-0.05, 0) is 41.1 Å². The lowest BCUT2D eigenvalue weighted by Gasteiger charge is -2.46. The number of carbonyl (C=O) groups excluding carboxylic acids is 2. The molecule has 7 nitrogen and oxygen atoms in total. The highest BCUT2D eigenvalue weighted by Crippen LogP contribution is 2.33. The summed E-state index contributed by atoms with van der Waals surface area (Å²) in [7, 11) is 3.18. The lowest BCUT2D eigenvalue weighted by Crippen LogP contribution is -2.66. The molecule has 2 aliphatic heterocycles. The van der Waals surface area contributed by atoms with Crippen LogP contribution in [-0.2, 0) is 29.1 Å². The van der Waals surface area contributed by atoms with Gasteiger partial charge >= 0.3 is 0 Å². The summed E-state index contributed by atoms with van der Waals surface area (Å²) in [5.41, 5.74) is 2.26. The van der Waals surface area contributed by atoms with Gasteiger partial charge in [0.1, 0.15) is 12.6 Å². The highest BCUT2D eigenvalue weighted by Gasteiger charge is 2.42. The van der Waals surface area contributed by atoms with Crippen LogP contribution in [0.25, 0.3) is 10.1 Å². The van der Waals surface area contributed by atoms with Crippen molar-refractivity contribution >= 4 is 33.2 Å². The smallest absolute Gasteiger partial charge is 0.247 e. The van der Waals surface area contributed by atoms with E-state index in [1.54, 1.807) is 24.0 Å². The summed E-state index contributed by atoms with van der Waals surface area (Å²) in [6.45, 7) is 5.39. The van der Waals surface area contributed by atoms with Crippen molar-refractivity contribution in [2.24, 2.45) is 0 Å². The van der Waals surface area contributed by atoms with Crippen molar-refractivity contribution in [1.29, 1.82) is 0 Å². The summed E-state index contributed by atoms with van der Waals surface area (Å²) in [4.78, 5) is 33.7. The summed E-state index contributed by atoms with van der Waals surface area (Å²) in [6, 6.07) is 13.7. The van der Waals surface area contributed by atoms with Crippen molar-refractivity contribution < 1.29 is 19.1 Å². The molecule has 2 amide bonds. The van der Waals surface area contributed by atoms with Crippen molar-refractivity contribution in [3.8, 4) is 11.5 Å². The summed E-state index contributed by atoms with van der Waals surface area (Å²) >= 11 is 1.86. The number of fused-ring (bicyclic) bond motifs is 2. The van der Waals surface area contributed by atoms with E-state index in [0.29, 0.717) is 31.1 Å². The van der Waals surface area contributed by atoms with Crippen LogP contribution in [0, 0.1) is 0 Å². The minimum absolute atomic E-state index is 0.00924. The molecular weight excluding hydrogens is 462 g/mol. The van der Waals surface area contributed by atoms with Gasteiger partial charge in [-0.2, -0.15) is 0 Å². The van der Waals surface area contributed by atoms with Crippen molar-refractivity contribution in [3.05, 3.63) is 58.5 Å². The Morgan fingerprint density at radius 2 is 1.80 bits per heavy atom. The average molecular weight is 494 g/mol. The Hall–Kier alpha value is -3.10. The first-order valence-electron chi connectivity index (χ1n) is 12.0. The average Bonchev–Trinajstić information content (AvgIpc) is 3.24. The molecule has 1 aromatic heterocycles. The van der Waals surface area contributed by atoms with Gasteiger partial charge in [-0.15, -0.1) is 11.3 Å². The third-order valence-electron chi connectivity index (χ3n) is 7.01. The van der Waals surface area contributed by atoms with E-state index in [9.17, 15) is 9.59 Å². The second-order valence-electron chi connectivity index (χ2n) is 9.08. The van der Waals surface area contributed by atoms with Gasteiger partial charge in [0.2, 0.25) is 11.8 Å². The van der Waals surface area contributed by atoms with Crippen LogP contribution in [-0.4, -0.2) is 73.0 Å². The lowest BCUT2D eigenvalue weighted by atomic mass is 10.0. The number of amides is 2. The molecular formula is C27H31N3O4S. The summed E-state index contributed by atoms with van der Waals surface area (Å²) in [6.07, 6.45) is 0.995. The molecule has 0 spiro atoms. The minimum Gasteiger partial charge on any atom is -0.493 e. The fourth-order valence-corrected chi connectivity index (χ4v) is 6.36. The minimum atomic E-state index is -0.444. The van der Waals surface area contributed by atoms with E-state index in [1.165, 1.54) is 20.5 Å². The van der Waals surface area contributed by atoms with E-state index in [2.05, 4.69) is 36.1 Å². The van der Waals surface area contributed by atoms with Crippen LogP contribution in [0.3, 0.4) is 0 Å². The first-order valence-corrected chi connectivity index (χ1v) is 12.8. The highest BCUT2D eigenvalue weighted by molar-refractivity contribution is 7.19. The van der Waals surface area contributed by atoms with Gasteiger partial charge in [0.25, 0.3) is 0 Å². The molecule has 8 heteroatoms. The molecule has 5 rings (SSSR count). The van der Waals surface area contributed by atoms with Crippen molar-refractivity contribution in [3.63, 3.8) is 0 Å². The zero-order chi connectivity index (χ0) is 24.5. The molecule has 2 aromatic carbocycles. The van der Waals surface area contributed by atoms with Gasteiger partial charge in [-0.25, -0.2) is 0 Å². The lowest BCUT2D eigenvalue weighted by molar-refractivity contribution is -0.160. The van der Waals surface area contributed by atoms with Crippen molar-refractivity contribution in [2.45, 2.75) is 32.5 Å². The molecule has 0 bridgehead atoms. The molecule has 0 N–H and O–H groups in total. The maximum absolute atomic E-state index is 13.5. The van der Waals surface area contributed by atoms with Gasteiger partial charge in [0, 0.05) is 42.3 Å². The largest absolute Gasteiger partial charge is 0.493 e. The summed E-state index contributed by atoms with van der Waals surface area (Å²) in [5, 5.41) is 1.30.